The molecule has 0 spiro atoms. The van der Waals surface area contributed by atoms with Crippen molar-refractivity contribution in [2.75, 3.05) is 41.3 Å². The second-order valence-corrected chi connectivity index (χ2v) is 6.38. The van der Waals surface area contributed by atoms with E-state index in [-0.39, 0.29) is 18.4 Å². The number of nitrogens with zero attached hydrogens (tertiary/aromatic N) is 3. The van der Waals surface area contributed by atoms with Crippen molar-refractivity contribution in [3.63, 3.8) is 0 Å². The van der Waals surface area contributed by atoms with Crippen molar-refractivity contribution in [1.82, 2.24) is 14.7 Å². The van der Waals surface area contributed by atoms with E-state index in [0.717, 1.165) is 18.8 Å². The molecule has 0 aromatic carbocycles. The first-order chi connectivity index (χ1) is 9.31. The summed E-state index contributed by atoms with van der Waals surface area (Å²) in [7, 11) is 7.17. The average molecular weight is 283 g/mol. The number of carbonyl (C=O) groups is 2. The maximum Gasteiger partial charge on any atom is 0.236 e. The third kappa shape index (κ3) is 5.12. The molecule has 0 radical (unpaired) electrons. The quantitative estimate of drug-likeness (QED) is 0.757. The Morgan fingerprint density at radius 3 is 1.90 bits per heavy atom. The van der Waals surface area contributed by atoms with E-state index >= 15 is 0 Å². The van der Waals surface area contributed by atoms with Crippen molar-refractivity contribution >= 4 is 11.8 Å². The van der Waals surface area contributed by atoms with Crippen molar-refractivity contribution in [3.8, 4) is 0 Å². The largest absolute Gasteiger partial charge is 0.348 e. The first kappa shape index (κ1) is 17.0. The maximum absolute atomic E-state index is 12.2. The molecule has 5 nitrogen and oxygen atoms in total. The molecular weight excluding hydrogens is 254 g/mol. The monoisotopic (exact) mass is 283 g/mol. The molecule has 0 bridgehead atoms. The highest BCUT2D eigenvalue weighted by Gasteiger charge is 2.25. The zero-order valence-electron chi connectivity index (χ0n) is 13.6. The minimum atomic E-state index is 0.0226. The third-order valence-corrected chi connectivity index (χ3v) is 4.24. The fourth-order valence-corrected chi connectivity index (χ4v) is 2.60. The van der Waals surface area contributed by atoms with Crippen LogP contribution in [-0.2, 0) is 9.59 Å². The van der Waals surface area contributed by atoms with Crippen molar-refractivity contribution in [1.29, 1.82) is 0 Å². The van der Waals surface area contributed by atoms with Crippen LogP contribution < -0.4 is 0 Å². The van der Waals surface area contributed by atoms with E-state index in [4.69, 9.17) is 0 Å². The molecular formula is C15H29N3O2. The van der Waals surface area contributed by atoms with Crippen LogP contribution >= 0.6 is 0 Å². The van der Waals surface area contributed by atoms with Crippen LogP contribution in [0.2, 0.25) is 0 Å². The van der Waals surface area contributed by atoms with Gasteiger partial charge >= 0.3 is 0 Å². The number of amides is 2. The second-order valence-electron chi connectivity index (χ2n) is 6.38. The Kier molecular flexibility index (Phi) is 6.46. The van der Waals surface area contributed by atoms with Gasteiger partial charge in [0.25, 0.3) is 0 Å². The molecule has 1 aliphatic rings. The summed E-state index contributed by atoms with van der Waals surface area (Å²) in [4.78, 5) is 29.1. The molecule has 0 aliphatic heterocycles. The second kappa shape index (κ2) is 7.62. The van der Waals surface area contributed by atoms with Gasteiger partial charge in [-0.3, -0.25) is 14.5 Å². The van der Waals surface area contributed by atoms with E-state index in [1.807, 2.05) is 19.0 Å². The number of carbonyl (C=O) groups excluding carboxylic acids is 2. The van der Waals surface area contributed by atoms with Crippen molar-refractivity contribution < 1.29 is 9.59 Å². The average Bonchev–Trinajstić information content (AvgIpc) is 2.38. The summed E-state index contributed by atoms with van der Waals surface area (Å²) in [6.45, 7) is 2.87. The highest BCUT2D eigenvalue weighted by molar-refractivity contribution is 5.81. The lowest BCUT2D eigenvalue weighted by atomic mass is 9.87. The van der Waals surface area contributed by atoms with Crippen LogP contribution in [0.25, 0.3) is 0 Å². The maximum atomic E-state index is 12.2. The minimum Gasteiger partial charge on any atom is -0.348 e. The highest BCUT2D eigenvalue weighted by atomic mass is 16.2. The van der Waals surface area contributed by atoms with Gasteiger partial charge < -0.3 is 9.80 Å². The molecule has 5 heteroatoms. The Labute approximate surface area is 122 Å². The lowest BCUT2D eigenvalue weighted by Gasteiger charge is -2.34. The van der Waals surface area contributed by atoms with E-state index in [1.54, 1.807) is 23.9 Å². The smallest absolute Gasteiger partial charge is 0.236 e. The van der Waals surface area contributed by atoms with E-state index in [0.29, 0.717) is 12.6 Å². The van der Waals surface area contributed by atoms with Crippen molar-refractivity contribution in [3.05, 3.63) is 0 Å². The molecule has 2 amide bonds. The van der Waals surface area contributed by atoms with Gasteiger partial charge in [0, 0.05) is 27.2 Å². The summed E-state index contributed by atoms with van der Waals surface area (Å²) in [6, 6.07) is 0.372. The Bertz CT molecular complexity index is 336. The van der Waals surface area contributed by atoms with Crippen LogP contribution in [0.1, 0.15) is 32.6 Å². The van der Waals surface area contributed by atoms with Gasteiger partial charge in [0.05, 0.1) is 13.1 Å². The van der Waals surface area contributed by atoms with Gasteiger partial charge in [-0.05, 0) is 38.6 Å². The van der Waals surface area contributed by atoms with Gasteiger partial charge in [-0.2, -0.15) is 0 Å². The van der Waals surface area contributed by atoms with Crippen LogP contribution in [0, 0.1) is 5.92 Å². The molecule has 116 valence electrons. The molecule has 0 atom stereocenters. The summed E-state index contributed by atoms with van der Waals surface area (Å²) in [5.74, 6) is 0.920. The Balaban J connectivity index is 2.39. The van der Waals surface area contributed by atoms with Crippen LogP contribution in [0.5, 0.6) is 0 Å². The molecule has 20 heavy (non-hydrogen) atoms. The molecule has 0 aromatic heterocycles. The summed E-state index contributed by atoms with van der Waals surface area (Å²) >= 11 is 0. The van der Waals surface area contributed by atoms with E-state index < -0.39 is 0 Å². The highest BCUT2D eigenvalue weighted by Crippen LogP contribution is 2.26. The van der Waals surface area contributed by atoms with Crippen molar-refractivity contribution in [2.24, 2.45) is 5.92 Å². The van der Waals surface area contributed by atoms with E-state index in [1.165, 1.54) is 12.8 Å². The number of likely N-dealkylation sites (N-methyl/N-ethyl adjacent to an activating group) is 3. The normalized spacial score (nSPS) is 22.7. The molecule has 1 aliphatic carbocycles. The third-order valence-electron chi connectivity index (χ3n) is 4.24. The molecule has 0 heterocycles. The fourth-order valence-electron chi connectivity index (χ4n) is 2.60. The lowest BCUT2D eigenvalue weighted by molar-refractivity contribution is -0.135. The Morgan fingerprint density at radius 2 is 1.40 bits per heavy atom. The molecule has 1 rings (SSSR count). The van der Waals surface area contributed by atoms with Gasteiger partial charge in [0.15, 0.2) is 0 Å². The minimum absolute atomic E-state index is 0.0226. The zero-order valence-corrected chi connectivity index (χ0v) is 13.6. The fraction of sp³-hybridized carbons (Fsp3) is 0.867. The summed E-state index contributed by atoms with van der Waals surface area (Å²) < 4.78 is 0. The molecule has 1 saturated carbocycles. The predicted molar refractivity (Wildman–Crippen MR) is 80.4 cm³/mol. The Morgan fingerprint density at radius 1 is 0.900 bits per heavy atom. The van der Waals surface area contributed by atoms with Gasteiger partial charge in [-0.1, -0.05) is 6.92 Å². The van der Waals surface area contributed by atoms with Crippen LogP contribution in [0.15, 0.2) is 0 Å². The summed E-state index contributed by atoms with van der Waals surface area (Å²) in [6.07, 6.45) is 4.61. The van der Waals surface area contributed by atoms with Crippen LogP contribution in [-0.4, -0.2) is 73.8 Å². The van der Waals surface area contributed by atoms with Crippen molar-refractivity contribution in [2.45, 2.75) is 38.6 Å². The number of rotatable bonds is 5. The molecule has 0 saturated heterocycles. The molecule has 0 aromatic rings. The molecule has 0 unspecified atom stereocenters. The lowest BCUT2D eigenvalue weighted by Crippen LogP contribution is -2.45. The SMILES string of the molecule is CC1CCC(N(C)C(=O)CN(C)CC(=O)N(C)C)CC1. The molecule has 1 fully saturated rings. The van der Waals surface area contributed by atoms with Gasteiger partial charge in [0.2, 0.25) is 11.8 Å². The van der Waals surface area contributed by atoms with E-state index in [2.05, 4.69) is 6.92 Å². The summed E-state index contributed by atoms with van der Waals surface area (Å²) in [5, 5.41) is 0. The summed E-state index contributed by atoms with van der Waals surface area (Å²) in [5.41, 5.74) is 0. The molecule has 0 N–H and O–H groups in total. The van der Waals surface area contributed by atoms with E-state index in [9.17, 15) is 9.59 Å². The Hall–Kier alpha value is -1.10. The number of hydrogen-bond donors (Lipinski definition) is 0. The predicted octanol–water partition coefficient (Wildman–Crippen LogP) is 1.04. The number of hydrogen-bond acceptors (Lipinski definition) is 3. The standard InChI is InChI=1S/C15H29N3O2/c1-12-6-8-13(9-7-12)18(5)15(20)11-17(4)10-14(19)16(2)3/h12-13H,6-11H2,1-5H3. The topological polar surface area (TPSA) is 43.9 Å². The van der Waals surface area contributed by atoms with Crippen LogP contribution in [0.4, 0.5) is 0 Å². The van der Waals surface area contributed by atoms with Gasteiger partial charge in [-0.25, -0.2) is 0 Å². The van der Waals surface area contributed by atoms with Gasteiger partial charge in [-0.15, -0.1) is 0 Å². The van der Waals surface area contributed by atoms with Crippen LogP contribution in [0.3, 0.4) is 0 Å². The zero-order chi connectivity index (χ0) is 15.3. The first-order valence-electron chi connectivity index (χ1n) is 7.45. The van der Waals surface area contributed by atoms with Gasteiger partial charge in [0.1, 0.15) is 0 Å². The first-order valence-corrected chi connectivity index (χ1v) is 7.45.